The molecule has 0 saturated carbocycles. The molecule has 0 saturated heterocycles. The Labute approximate surface area is 75.2 Å². The van der Waals surface area contributed by atoms with E-state index in [4.69, 9.17) is 0 Å². The zero-order chi connectivity index (χ0) is 9.56. The van der Waals surface area contributed by atoms with E-state index < -0.39 is 0 Å². The van der Waals surface area contributed by atoms with Crippen molar-refractivity contribution in [1.29, 1.82) is 0 Å². The molecule has 0 aromatic carbocycles. The third-order valence-electron chi connectivity index (χ3n) is 1.19. The van der Waals surface area contributed by atoms with Crippen LogP contribution in [0.5, 0.6) is 0 Å². The van der Waals surface area contributed by atoms with Gasteiger partial charge in [0.1, 0.15) is 0 Å². The Balaban J connectivity index is 4.09. The predicted molar refractivity (Wildman–Crippen MR) is 55.7 cm³/mol. The van der Waals surface area contributed by atoms with E-state index in [9.17, 15) is 0 Å². The lowest BCUT2D eigenvalue weighted by Crippen LogP contribution is -2.07. The number of allylic oxidation sites excluding steroid dienone is 5. The molecule has 12 heavy (non-hydrogen) atoms. The summed E-state index contributed by atoms with van der Waals surface area (Å²) in [6.07, 6.45) is 5.85. The van der Waals surface area contributed by atoms with Crippen molar-refractivity contribution in [2.45, 2.75) is 20.8 Å². The van der Waals surface area contributed by atoms with Crippen LogP contribution in [0.1, 0.15) is 20.8 Å². The van der Waals surface area contributed by atoms with Crippen molar-refractivity contribution in [2.75, 3.05) is 0 Å². The minimum absolute atomic E-state index is 0.896. The molecular weight excluding hydrogens is 146 g/mol. The maximum atomic E-state index is 3.82. The first-order chi connectivity index (χ1) is 5.56. The van der Waals surface area contributed by atoms with Crippen LogP contribution in [0.2, 0.25) is 0 Å². The van der Waals surface area contributed by atoms with Gasteiger partial charge in [-0.15, -0.1) is 0 Å². The first-order valence-electron chi connectivity index (χ1n) is 3.98. The summed E-state index contributed by atoms with van der Waals surface area (Å²) in [7, 11) is 0. The standard InChI is InChI=1S/C11H17N/c1-6-7-10(4)12-11(5)8-9(2)3/h6-8,12H,2,4H2,1,3,5H3/b7-6+,11-8+. The highest BCUT2D eigenvalue weighted by Gasteiger charge is 1.88. The highest BCUT2D eigenvalue weighted by molar-refractivity contribution is 5.22. The van der Waals surface area contributed by atoms with Crippen molar-refractivity contribution >= 4 is 0 Å². The molecule has 0 rings (SSSR count). The molecule has 0 amide bonds. The summed E-state index contributed by atoms with van der Waals surface area (Å²) < 4.78 is 0. The van der Waals surface area contributed by atoms with Crippen LogP contribution in [0.3, 0.4) is 0 Å². The third-order valence-corrected chi connectivity index (χ3v) is 1.19. The summed E-state index contributed by atoms with van der Waals surface area (Å²) in [5.74, 6) is 0. The Morgan fingerprint density at radius 2 is 1.83 bits per heavy atom. The first-order valence-corrected chi connectivity index (χ1v) is 3.98. The first kappa shape index (κ1) is 10.8. The third kappa shape index (κ3) is 5.54. The van der Waals surface area contributed by atoms with Gasteiger partial charge in [0.25, 0.3) is 0 Å². The second-order valence-corrected chi connectivity index (χ2v) is 2.82. The number of hydrogen-bond acceptors (Lipinski definition) is 1. The van der Waals surface area contributed by atoms with Crippen molar-refractivity contribution in [1.82, 2.24) is 5.32 Å². The maximum absolute atomic E-state index is 3.82. The molecule has 0 unspecified atom stereocenters. The average molecular weight is 163 g/mol. The van der Waals surface area contributed by atoms with Gasteiger partial charge in [0, 0.05) is 11.4 Å². The normalized spacial score (nSPS) is 11.8. The number of hydrogen-bond donors (Lipinski definition) is 1. The Kier molecular flexibility index (Phi) is 4.86. The van der Waals surface area contributed by atoms with Crippen LogP contribution in [0.25, 0.3) is 0 Å². The lowest BCUT2D eigenvalue weighted by Gasteiger charge is -2.05. The van der Waals surface area contributed by atoms with Gasteiger partial charge in [-0.25, -0.2) is 0 Å². The van der Waals surface area contributed by atoms with E-state index in [-0.39, 0.29) is 0 Å². The Bertz CT molecular complexity index is 231. The molecule has 0 heterocycles. The molecule has 1 nitrogen and oxygen atoms in total. The van der Waals surface area contributed by atoms with E-state index in [1.54, 1.807) is 0 Å². The van der Waals surface area contributed by atoms with Gasteiger partial charge in [0.15, 0.2) is 0 Å². The summed E-state index contributed by atoms with van der Waals surface area (Å²) in [5.41, 5.74) is 2.99. The van der Waals surface area contributed by atoms with Crippen molar-refractivity contribution in [3.05, 3.63) is 48.4 Å². The van der Waals surface area contributed by atoms with Gasteiger partial charge in [0.05, 0.1) is 0 Å². The van der Waals surface area contributed by atoms with Gasteiger partial charge < -0.3 is 5.32 Å². The quantitative estimate of drug-likeness (QED) is 0.628. The zero-order valence-corrected chi connectivity index (χ0v) is 8.15. The van der Waals surface area contributed by atoms with Crippen molar-refractivity contribution in [3.63, 3.8) is 0 Å². The molecule has 66 valence electrons. The summed E-state index contributed by atoms with van der Waals surface area (Å²) in [6.45, 7) is 13.5. The van der Waals surface area contributed by atoms with Gasteiger partial charge in [-0.05, 0) is 32.9 Å². The van der Waals surface area contributed by atoms with E-state index in [1.807, 2.05) is 39.0 Å². The molecule has 0 aliphatic rings. The predicted octanol–water partition coefficient (Wildman–Crippen LogP) is 3.15. The molecule has 0 aliphatic heterocycles. The molecule has 0 bridgehead atoms. The minimum atomic E-state index is 0.896. The number of nitrogens with one attached hydrogen (secondary N) is 1. The van der Waals surface area contributed by atoms with Crippen LogP contribution >= 0.6 is 0 Å². The topological polar surface area (TPSA) is 12.0 Å². The van der Waals surface area contributed by atoms with Crippen molar-refractivity contribution in [2.24, 2.45) is 0 Å². The van der Waals surface area contributed by atoms with Crippen LogP contribution < -0.4 is 5.32 Å². The Morgan fingerprint density at radius 1 is 1.25 bits per heavy atom. The van der Waals surface area contributed by atoms with Crippen LogP contribution in [0, 0.1) is 0 Å². The summed E-state index contributed by atoms with van der Waals surface area (Å²) in [5, 5.41) is 3.13. The highest BCUT2D eigenvalue weighted by atomic mass is 14.9. The molecule has 0 aromatic rings. The second-order valence-electron chi connectivity index (χ2n) is 2.82. The Morgan fingerprint density at radius 3 is 2.25 bits per heavy atom. The summed E-state index contributed by atoms with van der Waals surface area (Å²) in [6, 6.07) is 0. The lowest BCUT2D eigenvalue weighted by molar-refractivity contribution is 1.00. The van der Waals surface area contributed by atoms with E-state index in [2.05, 4.69) is 18.5 Å². The fourth-order valence-corrected chi connectivity index (χ4v) is 0.902. The van der Waals surface area contributed by atoms with Gasteiger partial charge in [-0.2, -0.15) is 0 Å². The monoisotopic (exact) mass is 163 g/mol. The lowest BCUT2D eigenvalue weighted by atomic mass is 10.3. The van der Waals surface area contributed by atoms with Gasteiger partial charge in [0.2, 0.25) is 0 Å². The molecule has 0 radical (unpaired) electrons. The molecule has 0 atom stereocenters. The largest absolute Gasteiger partial charge is 0.360 e. The van der Waals surface area contributed by atoms with Crippen LogP contribution in [0.15, 0.2) is 48.4 Å². The molecule has 0 aromatic heterocycles. The fourth-order valence-electron chi connectivity index (χ4n) is 0.902. The van der Waals surface area contributed by atoms with E-state index in [0.29, 0.717) is 0 Å². The second kappa shape index (κ2) is 5.42. The van der Waals surface area contributed by atoms with Crippen LogP contribution in [-0.2, 0) is 0 Å². The zero-order valence-electron chi connectivity index (χ0n) is 8.15. The van der Waals surface area contributed by atoms with Crippen LogP contribution in [0.4, 0.5) is 0 Å². The van der Waals surface area contributed by atoms with Gasteiger partial charge in [-0.1, -0.05) is 24.8 Å². The minimum Gasteiger partial charge on any atom is -0.360 e. The van der Waals surface area contributed by atoms with E-state index >= 15 is 0 Å². The van der Waals surface area contributed by atoms with Crippen molar-refractivity contribution in [3.8, 4) is 0 Å². The molecule has 0 fully saturated rings. The fraction of sp³-hybridized carbons (Fsp3) is 0.273. The summed E-state index contributed by atoms with van der Waals surface area (Å²) >= 11 is 0. The number of rotatable bonds is 4. The van der Waals surface area contributed by atoms with Crippen molar-refractivity contribution < 1.29 is 0 Å². The maximum Gasteiger partial charge on any atom is 0.0305 e. The van der Waals surface area contributed by atoms with E-state index in [0.717, 1.165) is 17.0 Å². The van der Waals surface area contributed by atoms with E-state index in [1.165, 1.54) is 0 Å². The van der Waals surface area contributed by atoms with Gasteiger partial charge in [-0.3, -0.25) is 0 Å². The smallest absolute Gasteiger partial charge is 0.0305 e. The van der Waals surface area contributed by atoms with Crippen LogP contribution in [-0.4, -0.2) is 0 Å². The molecule has 0 aliphatic carbocycles. The molecule has 1 heteroatoms. The average Bonchev–Trinajstić information content (AvgIpc) is 1.84. The molecule has 0 spiro atoms. The molecule has 1 N–H and O–H groups in total. The highest BCUT2D eigenvalue weighted by Crippen LogP contribution is 1.98. The summed E-state index contributed by atoms with van der Waals surface area (Å²) in [4.78, 5) is 0. The Hall–Kier alpha value is -1.24. The molecular formula is C11H17N. The SMILES string of the molecule is C=C(C)/C=C(\C)NC(=C)/C=C/C. The van der Waals surface area contributed by atoms with Gasteiger partial charge >= 0.3 is 0 Å².